The highest BCUT2D eigenvalue weighted by Gasteiger charge is 2.23. The highest BCUT2D eigenvalue weighted by atomic mass is 16.5. The Morgan fingerprint density at radius 3 is 3.00 bits per heavy atom. The largest absolute Gasteiger partial charge is 0.342 e. The van der Waals surface area contributed by atoms with Crippen LogP contribution < -0.4 is 5.32 Å². The summed E-state index contributed by atoms with van der Waals surface area (Å²) in [6.45, 7) is 0.252. The van der Waals surface area contributed by atoms with Crippen molar-refractivity contribution >= 4 is 5.91 Å². The summed E-state index contributed by atoms with van der Waals surface area (Å²) in [5.41, 5.74) is 0. The first-order valence-electron chi connectivity index (χ1n) is 6.82. The maximum atomic E-state index is 11.9. The molecule has 1 saturated carbocycles. The zero-order valence-electron chi connectivity index (χ0n) is 11.4. The Hall–Kier alpha value is -2.18. The molecule has 0 radical (unpaired) electrons. The molecule has 0 bridgehead atoms. The lowest BCUT2D eigenvalue weighted by Gasteiger charge is -2.02. The number of carbonyl (C=O) groups is 1. The van der Waals surface area contributed by atoms with Crippen LogP contribution in [-0.2, 0) is 13.6 Å². The number of aromatic nitrogens is 4. The lowest BCUT2D eigenvalue weighted by Crippen LogP contribution is -2.26. The van der Waals surface area contributed by atoms with Crippen LogP contribution >= 0.6 is 0 Å². The van der Waals surface area contributed by atoms with Gasteiger partial charge in [0.2, 0.25) is 5.89 Å². The lowest BCUT2D eigenvalue weighted by atomic mass is 10.1. The van der Waals surface area contributed by atoms with Crippen LogP contribution in [0, 0.1) is 0 Å². The molecule has 7 heteroatoms. The average Bonchev–Trinajstić information content (AvgIpc) is 3.16. The summed E-state index contributed by atoms with van der Waals surface area (Å²) >= 11 is 0. The van der Waals surface area contributed by atoms with E-state index in [0.29, 0.717) is 23.5 Å². The second kappa shape index (κ2) is 5.44. The van der Waals surface area contributed by atoms with Gasteiger partial charge >= 0.3 is 0 Å². The smallest absolute Gasteiger partial charge is 0.287 e. The average molecular weight is 275 g/mol. The molecule has 20 heavy (non-hydrogen) atoms. The molecule has 0 unspecified atom stereocenters. The SMILES string of the molecule is Cn1ccnc1C(=O)NCc1noc(C2CCCC2)n1. The first kappa shape index (κ1) is 12.8. The standard InChI is InChI=1S/C13H17N5O2/c1-18-7-6-14-11(18)12(19)15-8-10-16-13(20-17-10)9-4-2-3-5-9/h6-7,9H,2-5,8H2,1H3,(H,15,19). The number of hydrogen-bond donors (Lipinski definition) is 1. The first-order valence-corrected chi connectivity index (χ1v) is 6.82. The van der Waals surface area contributed by atoms with Gasteiger partial charge in [0.15, 0.2) is 11.6 Å². The summed E-state index contributed by atoms with van der Waals surface area (Å²) in [6.07, 6.45) is 7.97. The highest BCUT2D eigenvalue weighted by Crippen LogP contribution is 2.32. The van der Waals surface area contributed by atoms with E-state index in [0.717, 1.165) is 12.8 Å². The first-order chi connectivity index (χ1) is 9.74. The Bertz CT molecular complexity index is 597. The van der Waals surface area contributed by atoms with Crippen LogP contribution in [0.25, 0.3) is 0 Å². The fraction of sp³-hybridized carbons (Fsp3) is 0.538. The Kier molecular flexibility index (Phi) is 3.49. The lowest BCUT2D eigenvalue weighted by molar-refractivity contribution is 0.0936. The monoisotopic (exact) mass is 275 g/mol. The summed E-state index contributed by atoms with van der Waals surface area (Å²) in [4.78, 5) is 20.2. The van der Waals surface area contributed by atoms with Crippen molar-refractivity contribution in [1.82, 2.24) is 25.0 Å². The number of aryl methyl sites for hydroxylation is 1. The minimum absolute atomic E-state index is 0.246. The number of amides is 1. The molecule has 106 valence electrons. The molecular weight excluding hydrogens is 258 g/mol. The molecule has 1 N–H and O–H groups in total. The number of nitrogens with zero attached hydrogens (tertiary/aromatic N) is 4. The van der Waals surface area contributed by atoms with Gasteiger partial charge in [0.25, 0.3) is 5.91 Å². The van der Waals surface area contributed by atoms with Gasteiger partial charge in [-0.15, -0.1) is 0 Å². The van der Waals surface area contributed by atoms with E-state index in [-0.39, 0.29) is 12.5 Å². The molecular formula is C13H17N5O2. The second-order valence-electron chi connectivity index (χ2n) is 5.07. The van der Waals surface area contributed by atoms with Gasteiger partial charge in [-0.3, -0.25) is 4.79 Å². The van der Waals surface area contributed by atoms with Gasteiger partial charge in [0.1, 0.15) is 0 Å². The zero-order chi connectivity index (χ0) is 13.9. The van der Waals surface area contributed by atoms with Crippen LogP contribution in [0.3, 0.4) is 0 Å². The van der Waals surface area contributed by atoms with Gasteiger partial charge in [0, 0.05) is 25.4 Å². The van der Waals surface area contributed by atoms with Crippen LogP contribution in [0.5, 0.6) is 0 Å². The molecule has 7 nitrogen and oxygen atoms in total. The Morgan fingerprint density at radius 1 is 1.50 bits per heavy atom. The highest BCUT2D eigenvalue weighted by molar-refractivity contribution is 5.90. The summed E-state index contributed by atoms with van der Waals surface area (Å²) < 4.78 is 6.92. The maximum absolute atomic E-state index is 11.9. The molecule has 1 amide bonds. The zero-order valence-corrected chi connectivity index (χ0v) is 11.4. The van der Waals surface area contributed by atoms with Crippen molar-refractivity contribution in [3.8, 4) is 0 Å². The maximum Gasteiger partial charge on any atom is 0.287 e. The number of nitrogens with one attached hydrogen (secondary N) is 1. The molecule has 1 aliphatic carbocycles. The van der Waals surface area contributed by atoms with Gasteiger partial charge in [-0.25, -0.2) is 4.98 Å². The number of imidazole rings is 1. The molecule has 0 spiro atoms. The molecule has 3 rings (SSSR count). The van der Waals surface area contributed by atoms with E-state index in [1.165, 1.54) is 12.8 Å². The van der Waals surface area contributed by atoms with E-state index in [4.69, 9.17) is 4.52 Å². The van der Waals surface area contributed by atoms with Crippen molar-refractivity contribution in [2.24, 2.45) is 7.05 Å². The van der Waals surface area contributed by atoms with Gasteiger partial charge < -0.3 is 14.4 Å². The van der Waals surface area contributed by atoms with Crippen molar-refractivity contribution in [2.75, 3.05) is 0 Å². The predicted molar refractivity (Wildman–Crippen MR) is 69.9 cm³/mol. The third-order valence-electron chi connectivity index (χ3n) is 3.62. The molecule has 0 aliphatic heterocycles. The summed E-state index contributed by atoms with van der Waals surface area (Å²) in [5, 5.41) is 6.65. The van der Waals surface area contributed by atoms with Crippen LogP contribution in [0.4, 0.5) is 0 Å². The molecule has 1 aliphatic rings. The summed E-state index contributed by atoms with van der Waals surface area (Å²) in [6, 6.07) is 0. The molecule has 0 aromatic carbocycles. The quantitative estimate of drug-likeness (QED) is 0.911. The molecule has 0 saturated heterocycles. The van der Waals surface area contributed by atoms with Crippen molar-refractivity contribution in [1.29, 1.82) is 0 Å². The molecule has 1 fully saturated rings. The van der Waals surface area contributed by atoms with Crippen LogP contribution in [-0.4, -0.2) is 25.6 Å². The van der Waals surface area contributed by atoms with Crippen molar-refractivity contribution < 1.29 is 9.32 Å². The summed E-state index contributed by atoms with van der Waals surface area (Å²) in [7, 11) is 1.77. The fourth-order valence-electron chi connectivity index (χ4n) is 2.50. The summed E-state index contributed by atoms with van der Waals surface area (Å²) in [5.74, 6) is 1.72. The van der Waals surface area contributed by atoms with Gasteiger partial charge in [0.05, 0.1) is 6.54 Å². The van der Waals surface area contributed by atoms with Gasteiger partial charge in [-0.05, 0) is 12.8 Å². The van der Waals surface area contributed by atoms with E-state index in [1.54, 1.807) is 24.0 Å². The predicted octanol–water partition coefficient (Wildman–Crippen LogP) is 1.39. The van der Waals surface area contributed by atoms with Crippen LogP contribution in [0.1, 0.15) is 53.9 Å². The molecule has 2 heterocycles. The Balaban J connectivity index is 1.58. The van der Waals surface area contributed by atoms with Gasteiger partial charge in [-0.2, -0.15) is 4.98 Å². The molecule has 0 atom stereocenters. The number of carbonyl (C=O) groups excluding carboxylic acids is 1. The molecule has 2 aromatic rings. The Labute approximate surface area is 116 Å². The van der Waals surface area contributed by atoms with Crippen molar-refractivity contribution in [2.45, 2.75) is 38.1 Å². The number of hydrogen-bond acceptors (Lipinski definition) is 5. The van der Waals surface area contributed by atoms with E-state index in [1.807, 2.05) is 0 Å². The Morgan fingerprint density at radius 2 is 2.30 bits per heavy atom. The number of rotatable bonds is 4. The fourth-order valence-corrected chi connectivity index (χ4v) is 2.50. The third kappa shape index (κ3) is 2.56. The normalized spacial score (nSPS) is 15.7. The second-order valence-corrected chi connectivity index (χ2v) is 5.07. The van der Waals surface area contributed by atoms with E-state index >= 15 is 0 Å². The van der Waals surface area contributed by atoms with E-state index < -0.39 is 0 Å². The topological polar surface area (TPSA) is 85.8 Å². The van der Waals surface area contributed by atoms with Crippen molar-refractivity contribution in [3.63, 3.8) is 0 Å². The third-order valence-corrected chi connectivity index (χ3v) is 3.62. The van der Waals surface area contributed by atoms with Crippen LogP contribution in [0.2, 0.25) is 0 Å². The molecule has 2 aromatic heterocycles. The van der Waals surface area contributed by atoms with Crippen molar-refractivity contribution in [3.05, 3.63) is 29.9 Å². The van der Waals surface area contributed by atoms with E-state index in [2.05, 4.69) is 20.4 Å². The van der Waals surface area contributed by atoms with Gasteiger partial charge in [-0.1, -0.05) is 18.0 Å². The van der Waals surface area contributed by atoms with Crippen LogP contribution in [0.15, 0.2) is 16.9 Å². The minimum Gasteiger partial charge on any atom is -0.342 e. The van der Waals surface area contributed by atoms with E-state index in [9.17, 15) is 4.79 Å². The minimum atomic E-state index is -0.246.